The molecule has 3 aromatic carbocycles. The summed E-state index contributed by atoms with van der Waals surface area (Å²) in [6.45, 7) is 6.66. The van der Waals surface area contributed by atoms with Gasteiger partial charge in [0, 0.05) is 31.9 Å². The van der Waals surface area contributed by atoms with Gasteiger partial charge in [0.25, 0.3) is 5.56 Å². The van der Waals surface area contributed by atoms with Crippen LogP contribution in [0.5, 0.6) is 0 Å². The number of amides is 2. The molecule has 0 saturated carbocycles. The van der Waals surface area contributed by atoms with Crippen molar-refractivity contribution in [2.45, 2.75) is 20.4 Å². The second-order valence-corrected chi connectivity index (χ2v) is 9.07. The summed E-state index contributed by atoms with van der Waals surface area (Å²) < 4.78 is 1.80. The zero-order valence-corrected chi connectivity index (χ0v) is 20.1. The van der Waals surface area contributed by atoms with Crippen LogP contribution in [0.1, 0.15) is 16.7 Å². The van der Waals surface area contributed by atoms with Gasteiger partial charge in [-0.25, -0.2) is 9.78 Å². The average Bonchev–Trinajstić information content (AvgIpc) is 2.87. The quantitative estimate of drug-likeness (QED) is 0.483. The number of para-hydroxylation sites is 2. The Kier molecular flexibility index (Phi) is 6.23. The van der Waals surface area contributed by atoms with Crippen molar-refractivity contribution in [2.75, 3.05) is 36.4 Å². The van der Waals surface area contributed by atoms with Gasteiger partial charge in [-0.05, 0) is 49.2 Å². The molecule has 4 aromatic rings. The van der Waals surface area contributed by atoms with E-state index in [1.54, 1.807) is 9.47 Å². The van der Waals surface area contributed by atoms with E-state index in [2.05, 4.69) is 36.5 Å². The highest BCUT2D eigenvalue weighted by Gasteiger charge is 2.25. The van der Waals surface area contributed by atoms with Crippen LogP contribution in [0.3, 0.4) is 0 Å². The van der Waals surface area contributed by atoms with Gasteiger partial charge in [-0.15, -0.1) is 0 Å². The van der Waals surface area contributed by atoms with Gasteiger partial charge >= 0.3 is 6.03 Å². The summed E-state index contributed by atoms with van der Waals surface area (Å²) in [6.07, 6.45) is 0. The molecular weight excluding hydrogens is 438 g/mol. The second kappa shape index (κ2) is 9.62. The van der Waals surface area contributed by atoms with E-state index in [0.29, 0.717) is 38.5 Å². The maximum absolute atomic E-state index is 13.6. The summed E-state index contributed by atoms with van der Waals surface area (Å²) in [4.78, 5) is 34.9. The lowest BCUT2D eigenvalue weighted by Gasteiger charge is -2.35. The lowest BCUT2D eigenvalue weighted by Crippen LogP contribution is -2.51. The molecule has 1 aliphatic heterocycles. The molecular formula is C28H29N5O2. The molecule has 2 heterocycles. The average molecular weight is 468 g/mol. The third kappa shape index (κ3) is 4.89. The number of fused-ring (bicyclic) bond motifs is 1. The molecule has 2 amide bonds. The highest BCUT2D eigenvalue weighted by molar-refractivity contribution is 5.89. The zero-order chi connectivity index (χ0) is 24.4. The van der Waals surface area contributed by atoms with Crippen molar-refractivity contribution < 1.29 is 4.79 Å². The van der Waals surface area contributed by atoms with E-state index in [4.69, 9.17) is 4.98 Å². The van der Waals surface area contributed by atoms with Gasteiger partial charge in [0.2, 0.25) is 0 Å². The maximum atomic E-state index is 13.6. The Labute approximate surface area is 204 Å². The molecule has 1 aromatic heterocycles. The lowest BCUT2D eigenvalue weighted by atomic mass is 10.1. The first-order valence-electron chi connectivity index (χ1n) is 11.9. The van der Waals surface area contributed by atoms with Gasteiger partial charge in [0.05, 0.1) is 17.6 Å². The number of piperazine rings is 1. The minimum Gasteiger partial charge on any atom is -0.348 e. The van der Waals surface area contributed by atoms with Gasteiger partial charge in [-0.1, -0.05) is 54.1 Å². The monoisotopic (exact) mass is 467 g/mol. The van der Waals surface area contributed by atoms with Crippen LogP contribution in [0.15, 0.2) is 77.6 Å². The predicted molar refractivity (Wildman–Crippen MR) is 140 cm³/mol. The largest absolute Gasteiger partial charge is 0.348 e. The fourth-order valence-electron chi connectivity index (χ4n) is 4.46. The molecule has 1 aliphatic rings. The van der Waals surface area contributed by atoms with E-state index in [9.17, 15) is 9.59 Å². The van der Waals surface area contributed by atoms with Crippen molar-refractivity contribution in [3.05, 3.63) is 99.8 Å². The number of aromatic nitrogens is 2. The Hall–Kier alpha value is -4.13. The molecule has 1 saturated heterocycles. The normalized spacial score (nSPS) is 13.8. The summed E-state index contributed by atoms with van der Waals surface area (Å²) in [5, 5.41) is 2.97. The number of nitrogens with zero attached hydrogens (tertiary/aromatic N) is 4. The molecule has 0 atom stereocenters. The van der Waals surface area contributed by atoms with Crippen LogP contribution >= 0.6 is 0 Å². The van der Waals surface area contributed by atoms with E-state index >= 15 is 0 Å². The van der Waals surface area contributed by atoms with E-state index in [1.165, 1.54) is 5.56 Å². The number of aryl methyl sites for hydroxylation is 2. The van der Waals surface area contributed by atoms with Gasteiger partial charge in [-0.3, -0.25) is 9.36 Å². The minimum atomic E-state index is -0.126. The molecule has 1 fully saturated rings. The Morgan fingerprint density at radius 3 is 2.37 bits per heavy atom. The highest BCUT2D eigenvalue weighted by atomic mass is 16.2. The summed E-state index contributed by atoms with van der Waals surface area (Å²) in [5.74, 6) is 0.439. The number of hydrogen-bond donors (Lipinski definition) is 1. The lowest BCUT2D eigenvalue weighted by molar-refractivity contribution is 0.208. The van der Waals surface area contributed by atoms with Gasteiger partial charge in [0.1, 0.15) is 0 Å². The van der Waals surface area contributed by atoms with E-state index in [-0.39, 0.29) is 11.6 Å². The second-order valence-electron chi connectivity index (χ2n) is 9.07. The third-order valence-electron chi connectivity index (χ3n) is 6.43. The first-order chi connectivity index (χ1) is 17.0. The van der Waals surface area contributed by atoms with Crippen molar-refractivity contribution in [3.63, 3.8) is 0 Å². The van der Waals surface area contributed by atoms with Crippen LogP contribution in [-0.4, -0.2) is 46.7 Å². The van der Waals surface area contributed by atoms with E-state index in [1.807, 2.05) is 60.4 Å². The number of benzene rings is 3. The number of anilines is 2. The SMILES string of the molecule is Cc1ccc(Cn2c(=O)c(N3CCN(C(=O)Nc4cccc(C)c4)CC3)nc3ccccc32)cc1. The molecule has 0 unspecified atom stereocenters. The highest BCUT2D eigenvalue weighted by Crippen LogP contribution is 2.18. The van der Waals surface area contributed by atoms with Crippen molar-refractivity contribution in [1.29, 1.82) is 0 Å². The molecule has 178 valence electrons. The summed E-state index contributed by atoms with van der Waals surface area (Å²) in [6, 6.07) is 23.6. The Morgan fingerprint density at radius 1 is 0.886 bits per heavy atom. The Bertz CT molecular complexity index is 1420. The maximum Gasteiger partial charge on any atom is 0.321 e. The Balaban J connectivity index is 1.36. The molecule has 35 heavy (non-hydrogen) atoms. The van der Waals surface area contributed by atoms with Crippen molar-refractivity contribution >= 4 is 28.6 Å². The number of urea groups is 1. The predicted octanol–water partition coefficient (Wildman–Crippen LogP) is 4.42. The fraction of sp³-hybridized carbons (Fsp3) is 0.250. The number of carbonyl (C=O) groups excluding carboxylic acids is 1. The standard InChI is InChI=1S/C28H29N5O2/c1-20-10-12-22(13-11-20)19-33-25-9-4-3-8-24(25)30-26(27(33)34)31-14-16-32(17-15-31)28(35)29-23-7-5-6-21(2)18-23/h3-13,18H,14-17,19H2,1-2H3,(H,29,35). The first-order valence-corrected chi connectivity index (χ1v) is 11.9. The van der Waals surface area contributed by atoms with E-state index < -0.39 is 0 Å². The minimum absolute atomic E-state index is 0.109. The topological polar surface area (TPSA) is 70.5 Å². The summed E-state index contributed by atoms with van der Waals surface area (Å²) in [7, 11) is 0. The van der Waals surface area contributed by atoms with Crippen LogP contribution in [0.4, 0.5) is 16.3 Å². The molecule has 1 N–H and O–H groups in total. The van der Waals surface area contributed by atoms with Crippen molar-refractivity contribution in [2.24, 2.45) is 0 Å². The van der Waals surface area contributed by atoms with Crippen molar-refractivity contribution in [3.8, 4) is 0 Å². The number of nitrogens with one attached hydrogen (secondary N) is 1. The Morgan fingerprint density at radius 2 is 1.63 bits per heavy atom. The first kappa shape index (κ1) is 22.7. The van der Waals surface area contributed by atoms with E-state index in [0.717, 1.165) is 27.8 Å². The van der Waals surface area contributed by atoms with Crippen LogP contribution < -0.4 is 15.8 Å². The van der Waals surface area contributed by atoms with Crippen molar-refractivity contribution in [1.82, 2.24) is 14.5 Å². The summed E-state index contributed by atoms with van der Waals surface area (Å²) >= 11 is 0. The van der Waals surface area contributed by atoms with Crippen LogP contribution in [-0.2, 0) is 6.54 Å². The zero-order valence-electron chi connectivity index (χ0n) is 20.1. The molecule has 0 aliphatic carbocycles. The summed E-state index contributed by atoms with van der Waals surface area (Å²) in [5.41, 5.74) is 5.63. The van der Waals surface area contributed by atoms with Crippen LogP contribution in [0, 0.1) is 13.8 Å². The smallest absolute Gasteiger partial charge is 0.321 e. The number of hydrogen-bond acceptors (Lipinski definition) is 4. The number of carbonyl (C=O) groups is 1. The van der Waals surface area contributed by atoms with Gasteiger partial charge in [-0.2, -0.15) is 0 Å². The molecule has 7 heteroatoms. The van der Waals surface area contributed by atoms with Gasteiger partial charge in [0.15, 0.2) is 5.82 Å². The molecule has 5 rings (SSSR count). The molecule has 0 spiro atoms. The third-order valence-corrected chi connectivity index (χ3v) is 6.43. The molecule has 7 nitrogen and oxygen atoms in total. The number of rotatable bonds is 4. The molecule has 0 radical (unpaired) electrons. The van der Waals surface area contributed by atoms with Crippen LogP contribution in [0.2, 0.25) is 0 Å². The fourth-order valence-corrected chi connectivity index (χ4v) is 4.46. The molecule has 0 bridgehead atoms. The van der Waals surface area contributed by atoms with Crippen LogP contribution in [0.25, 0.3) is 11.0 Å². The van der Waals surface area contributed by atoms with Gasteiger partial charge < -0.3 is 15.1 Å².